The summed E-state index contributed by atoms with van der Waals surface area (Å²) in [7, 11) is 0. The minimum atomic E-state index is -1.00. The molecule has 216 valence electrons. The van der Waals surface area contributed by atoms with Gasteiger partial charge in [0, 0.05) is 10.6 Å². The van der Waals surface area contributed by atoms with E-state index in [0.29, 0.717) is 46.7 Å². The Labute approximate surface area is 242 Å². The van der Waals surface area contributed by atoms with Crippen molar-refractivity contribution in [3.63, 3.8) is 0 Å². The number of benzene rings is 3. The molecule has 1 amide bonds. The molecule has 0 aliphatic carbocycles. The summed E-state index contributed by atoms with van der Waals surface area (Å²) in [6.45, 7) is 14.0. The number of nitrogens with one attached hydrogen (secondary N) is 1. The summed E-state index contributed by atoms with van der Waals surface area (Å²) >= 11 is 5.99. The van der Waals surface area contributed by atoms with Crippen molar-refractivity contribution in [3.05, 3.63) is 87.4 Å². The SMILES string of the molecule is CC.CC.CCCCOC(=O)c1ccc(-c2ccc(Cl)cc2C)cc1NC=O.Cc1ccc(C=O)cc1C(=O)O. The molecule has 3 rings (SSSR count). The van der Waals surface area contributed by atoms with Crippen LogP contribution >= 0.6 is 11.6 Å². The maximum atomic E-state index is 12.2. The zero-order chi connectivity index (χ0) is 30.7. The van der Waals surface area contributed by atoms with E-state index < -0.39 is 11.9 Å². The number of hydrogen-bond acceptors (Lipinski definition) is 5. The van der Waals surface area contributed by atoms with Gasteiger partial charge in [-0.3, -0.25) is 9.59 Å². The predicted octanol–water partition coefficient (Wildman–Crippen LogP) is 8.40. The average Bonchev–Trinajstić information content (AvgIpc) is 2.96. The maximum absolute atomic E-state index is 12.2. The molecular formula is C32H40ClNO6. The summed E-state index contributed by atoms with van der Waals surface area (Å²) in [6, 6.07) is 15.4. The van der Waals surface area contributed by atoms with Gasteiger partial charge in [-0.15, -0.1) is 0 Å². The average molecular weight is 570 g/mol. The molecule has 0 fully saturated rings. The Morgan fingerprint density at radius 3 is 2.12 bits per heavy atom. The molecule has 0 bridgehead atoms. The van der Waals surface area contributed by atoms with Crippen LogP contribution in [0.5, 0.6) is 0 Å². The van der Waals surface area contributed by atoms with Gasteiger partial charge >= 0.3 is 11.9 Å². The third kappa shape index (κ3) is 11.4. The highest BCUT2D eigenvalue weighted by Crippen LogP contribution is 2.30. The molecule has 3 aromatic carbocycles. The highest BCUT2D eigenvalue weighted by molar-refractivity contribution is 6.30. The summed E-state index contributed by atoms with van der Waals surface area (Å²) in [6.07, 6.45) is 2.94. The van der Waals surface area contributed by atoms with Crippen molar-refractivity contribution in [1.29, 1.82) is 0 Å². The number of halogens is 1. The molecule has 7 nitrogen and oxygen atoms in total. The van der Waals surface area contributed by atoms with Gasteiger partial charge in [-0.25, -0.2) is 9.59 Å². The standard InChI is InChI=1S/C19H20ClNO3.C9H8O3.2C2H6/c1-3-4-9-24-19(23)17-7-5-14(11-18(17)21-12-22)16-8-6-15(20)10-13(16)2;1-6-2-3-7(5-10)4-8(6)9(11)12;2*1-2/h5-8,10-12H,3-4,9H2,1-2H3,(H,21,22);2-5H,1H3,(H,11,12);2*1-2H3. The number of aryl methyl sites for hydroxylation is 2. The molecule has 0 aromatic heterocycles. The van der Waals surface area contributed by atoms with Crippen LogP contribution in [0.25, 0.3) is 11.1 Å². The van der Waals surface area contributed by atoms with E-state index in [2.05, 4.69) is 5.32 Å². The van der Waals surface area contributed by atoms with Gasteiger partial charge in [0.2, 0.25) is 6.41 Å². The van der Waals surface area contributed by atoms with E-state index in [-0.39, 0.29) is 5.56 Å². The summed E-state index contributed by atoms with van der Waals surface area (Å²) in [5.74, 6) is -1.44. The van der Waals surface area contributed by atoms with Gasteiger partial charge in [0.15, 0.2) is 0 Å². The fourth-order valence-electron chi connectivity index (χ4n) is 3.35. The van der Waals surface area contributed by atoms with Gasteiger partial charge in [0.1, 0.15) is 6.29 Å². The number of ether oxygens (including phenoxy) is 1. The van der Waals surface area contributed by atoms with Crippen LogP contribution < -0.4 is 5.32 Å². The van der Waals surface area contributed by atoms with E-state index in [1.165, 1.54) is 6.07 Å². The molecule has 3 aromatic rings. The van der Waals surface area contributed by atoms with Crippen LogP contribution in [-0.4, -0.2) is 36.3 Å². The van der Waals surface area contributed by atoms with E-state index >= 15 is 0 Å². The fraction of sp³-hybridized carbons (Fsp3) is 0.312. The molecule has 0 aliphatic heterocycles. The summed E-state index contributed by atoms with van der Waals surface area (Å²) in [4.78, 5) is 43.9. The number of unbranched alkanes of at least 4 members (excludes halogenated alkanes) is 1. The minimum absolute atomic E-state index is 0.180. The normalized spacial score (nSPS) is 9.30. The molecule has 0 unspecified atom stereocenters. The third-order valence-corrected chi connectivity index (χ3v) is 5.55. The summed E-state index contributed by atoms with van der Waals surface area (Å²) < 4.78 is 5.23. The van der Waals surface area contributed by atoms with Crippen molar-refractivity contribution >= 4 is 41.9 Å². The number of amides is 1. The number of aldehydes is 1. The number of carboxylic acid groups (broad SMARTS) is 1. The maximum Gasteiger partial charge on any atom is 0.340 e. The fourth-order valence-corrected chi connectivity index (χ4v) is 3.58. The van der Waals surface area contributed by atoms with Gasteiger partial charge in [-0.1, -0.05) is 76.9 Å². The molecule has 0 saturated heterocycles. The minimum Gasteiger partial charge on any atom is -0.478 e. The zero-order valence-electron chi connectivity index (χ0n) is 24.3. The molecule has 0 spiro atoms. The molecule has 8 heteroatoms. The molecule has 2 N–H and O–H groups in total. The number of esters is 1. The first kappa shape index (κ1) is 36.0. The predicted molar refractivity (Wildman–Crippen MR) is 163 cm³/mol. The van der Waals surface area contributed by atoms with Crippen molar-refractivity contribution in [2.45, 2.75) is 61.3 Å². The Hall–Kier alpha value is -3.97. The van der Waals surface area contributed by atoms with E-state index in [9.17, 15) is 19.2 Å². The topological polar surface area (TPSA) is 110 Å². The summed E-state index contributed by atoms with van der Waals surface area (Å²) in [5.41, 5.74) is 4.88. The Kier molecular flexibility index (Phi) is 18.0. The number of hydrogen-bond donors (Lipinski definition) is 2. The van der Waals surface area contributed by atoms with Gasteiger partial charge in [0.05, 0.1) is 23.4 Å². The first-order valence-electron chi connectivity index (χ1n) is 13.3. The van der Waals surface area contributed by atoms with Gasteiger partial charge in [0.25, 0.3) is 0 Å². The van der Waals surface area contributed by atoms with Crippen LogP contribution in [0, 0.1) is 13.8 Å². The number of aromatic carboxylic acids is 1. The second kappa shape index (κ2) is 20.0. The highest BCUT2D eigenvalue weighted by atomic mass is 35.5. The van der Waals surface area contributed by atoms with Gasteiger partial charge in [-0.2, -0.15) is 0 Å². The molecule has 0 saturated carbocycles. The quantitative estimate of drug-likeness (QED) is 0.152. The number of rotatable bonds is 9. The number of carbonyl (C=O) groups is 4. The number of anilines is 1. The van der Waals surface area contributed by atoms with Crippen molar-refractivity contribution in [1.82, 2.24) is 0 Å². The first-order valence-corrected chi connectivity index (χ1v) is 13.7. The van der Waals surface area contributed by atoms with Gasteiger partial charge < -0.3 is 15.2 Å². The largest absolute Gasteiger partial charge is 0.478 e. The zero-order valence-corrected chi connectivity index (χ0v) is 25.1. The Balaban J connectivity index is 0.000000797. The van der Waals surface area contributed by atoms with Crippen molar-refractivity contribution < 1.29 is 29.0 Å². The molecule has 0 heterocycles. The molecule has 0 aliphatic rings. The van der Waals surface area contributed by atoms with Crippen molar-refractivity contribution in [3.8, 4) is 11.1 Å². The van der Waals surface area contributed by atoms with Crippen molar-refractivity contribution in [2.24, 2.45) is 0 Å². The lowest BCUT2D eigenvalue weighted by Crippen LogP contribution is -2.10. The first-order chi connectivity index (χ1) is 19.2. The second-order valence-electron chi connectivity index (χ2n) is 7.97. The smallest absolute Gasteiger partial charge is 0.340 e. The Morgan fingerprint density at radius 1 is 0.900 bits per heavy atom. The van der Waals surface area contributed by atoms with Crippen LogP contribution in [0.15, 0.2) is 54.6 Å². The Bertz CT molecular complexity index is 1260. The summed E-state index contributed by atoms with van der Waals surface area (Å²) in [5, 5.41) is 11.9. The lowest BCUT2D eigenvalue weighted by Gasteiger charge is -2.12. The Morgan fingerprint density at radius 2 is 1.57 bits per heavy atom. The van der Waals surface area contributed by atoms with E-state index in [4.69, 9.17) is 21.4 Å². The number of carbonyl (C=O) groups excluding carboxylic acids is 3. The lowest BCUT2D eigenvalue weighted by atomic mass is 9.98. The molecular weight excluding hydrogens is 530 g/mol. The van der Waals surface area contributed by atoms with Crippen LogP contribution in [0.4, 0.5) is 5.69 Å². The van der Waals surface area contributed by atoms with Crippen LogP contribution in [0.2, 0.25) is 5.02 Å². The third-order valence-electron chi connectivity index (χ3n) is 5.31. The lowest BCUT2D eigenvalue weighted by molar-refractivity contribution is -0.105. The van der Waals surface area contributed by atoms with E-state index in [1.807, 2.05) is 65.8 Å². The monoisotopic (exact) mass is 569 g/mol. The molecule has 40 heavy (non-hydrogen) atoms. The molecule has 0 radical (unpaired) electrons. The van der Waals surface area contributed by atoms with Crippen molar-refractivity contribution in [2.75, 3.05) is 11.9 Å². The van der Waals surface area contributed by atoms with Gasteiger partial charge in [-0.05, 0) is 72.9 Å². The highest BCUT2D eigenvalue weighted by Gasteiger charge is 2.15. The van der Waals surface area contributed by atoms with Crippen LogP contribution in [0.3, 0.4) is 0 Å². The van der Waals surface area contributed by atoms with Crippen LogP contribution in [0.1, 0.15) is 89.7 Å². The van der Waals surface area contributed by atoms with E-state index in [0.717, 1.165) is 29.5 Å². The second-order valence-corrected chi connectivity index (χ2v) is 8.41. The molecule has 0 atom stereocenters. The number of carboxylic acids is 1. The van der Waals surface area contributed by atoms with E-state index in [1.54, 1.807) is 31.2 Å². The van der Waals surface area contributed by atoms with Crippen LogP contribution in [-0.2, 0) is 9.53 Å².